The number of halogens is 1. The summed E-state index contributed by atoms with van der Waals surface area (Å²) in [5.41, 5.74) is 0. The Kier molecular flexibility index (Phi) is 6.17. The third-order valence-electron chi connectivity index (χ3n) is 4.61. The first kappa shape index (κ1) is 19.0. The molecule has 0 radical (unpaired) electrons. The number of carboxylic acid groups (broad SMARTS) is 1. The van der Waals surface area contributed by atoms with Gasteiger partial charge in [-0.15, -0.1) is 0 Å². The topological polar surface area (TPSA) is 85.8 Å². The summed E-state index contributed by atoms with van der Waals surface area (Å²) in [6.07, 6.45) is 1.50. The Balaban J connectivity index is 1.94. The van der Waals surface area contributed by atoms with Gasteiger partial charge >= 0.3 is 6.09 Å². The Labute approximate surface area is 146 Å². The van der Waals surface area contributed by atoms with E-state index in [1.165, 1.54) is 12.3 Å². The molecule has 0 saturated carbocycles. The Bertz CT molecular complexity index is 600. The molecule has 0 aliphatic carbocycles. The van der Waals surface area contributed by atoms with E-state index in [1.54, 1.807) is 11.0 Å². The van der Waals surface area contributed by atoms with Gasteiger partial charge in [0.1, 0.15) is 17.7 Å². The minimum Gasteiger partial charge on any atom is -0.465 e. The average molecular weight is 352 g/mol. The van der Waals surface area contributed by atoms with Crippen molar-refractivity contribution >= 4 is 17.8 Å². The lowest BCUT2D eigenvalue weighted by Crippen LogP contribution is -2.54. The number of rotatable bonds is 5. The number of amides is 2. The fourth-order valence-corrected chi connectivity index (χ4v) is 3.08. The Morgan fingerprint density at radius 1 is 1.36 bits per heavy atom. The summed E-state index contributed by atoms with van der Waals surface area (Å²) in [5, 5.41) is 11.2. The van der Waals surface area contributed by atoms with Crippen LogP contribution in [-0.4, -0.2) is 59.2 Å². The second-order valence-electron chi connectivity index (χ2n) is 6.67. The fourth-order valence-electron chi connectivity index (χ4n) is 3.08. The molecule has 2 N–H and O–H groups in total. The van der Waals surface area contributed by atoms with Crippen LogP contribution in [0.5, 0.6) is 0 Å². The van der Waals surface area contributed by atoms with Gasteiger partial charge in [0.15, 0.2) is 0 Å². The highest BCUT2D eigenvalue weighted by atomic mass is 19.1. The standard InChI is InChI=1S/C17H25FN4O3/c1-11(2)15(20-17(24)25)16(23)22-8-6-13(7-9-22)21(3)14-5-4-12(18)10-19-14/h4-5,10-11,13,15,20H,6-9H2,1-3H3,(H,24,25)/t15-/m0/s1. The van der Waals surface area contributed by atoms with Gasteiger partial charge in [0.25, 0.3) is 0 Å². The number of carbonyl (C=O) groups excluding carboxylic acids is 1. The van der Waals surface area contributed by atoms with Crippen molar-refractivity contribution in [3.8, 4) is 0 Å². The van der Waals surface area contributed by atoms with Gasteiger partial charge in [-0.05, 0) is 30.9 Å². The molecule has 0 aromatic carbocycles. The van der Waals surface area contributed by atoms with E-state index in [-0.39, 0.29) is 23.7 Å². The molecule has 0 unspecified atom stereocenters. The maximum absolute atomic E-state index is 13.0. The average Bonchev–Trinajstić information content (AvgIpc) is 2.59. The lowest BCUT2D eigenvalue weighted by Gasteiger charge is -2.38. The summed E-state index contributed by atoms with van der Waals surface area (Å²) in [6, 6.07) is 2.48. The van der Waals surface area contributed by atoms with Gasteiger partial charge < -0.3 is 20.2 Å². The van der Waals surface area contributed by atoms with Crippen molar-refractivity contribution < 1.29 is 19.1 Å². The molecule has 8 heteroatoms. The van der Waals surface area contributed by atoms with Crippen LogP contribution in [0.2, 0.25) is 0 Å². The summed E-state index contributed by atoms with van der Waals surface area (Å²) in [5.74, 6) is 0.0211. The van der Waals surface area contributed by atoms with Crippen molar-refractivity contribution in [2.24, 2.45) is 5.92 Å². The van der Waals surface area contributed by atoms with E-state index < -0.39 is 12.1 Å². The molecule has 1 aromatic rings. The largest absolute Gasteiger partial charge is 0.465 e. The smallest absolute Gasteiger partial charge is 0.405 e. The van der Waals surface area contributed by atoms with Crippen molar-refractivity contribution in [1.82, 2.24) is 15.2 Å². The zero-order chi connectivity index (χ0) is 18.6. The molecule has 0 spiro atoms. The summed E-state index contributed by atoms with van der Waals surface area (Å²) in [4.78, 5) is 31.3. The van der Waals surface area contributed by atoms with E-state index in [0.29, 0.717) is 18.9 Å². The first-order valence-corrected chi connectivity index (χ1v) is 8.42. The Morgan fingerprint density at radius 2 is 2.00 bits per heavy atom. The van der Waals surface area contributed by atoms with E-state index in [0.717, 1.165) is 12.8 Å². The predicted octanol–water partition coefficient (Wildman–Crippen LogP) is 1.94. The maximum atomic E-state index is 13.0. The number of aromatic nitrogens is 1. The molecule has 1 saturated heterocycles. The number of nitrogens with one attached hydrogen (secondary N) is 1. The van der Waals surface area contributed by atoms with E-state index in [1.807, 2.05) is 25.8 Å². The number of hydrogen-bond acceptors (Lipinski definition) is 4. The van der Waals surface area contributed by atoms with Crippen LogP contribution in [0.25, 0.3) is 0 Å². The zero-order valence-corrected chi connectivity index (χ0v) is 14.8. The second kappa shape index (κ2) is 8.13. The monoisotopic (exact) mass is 352 g/mol. The SMILES string of the molecule is CC(C)[C@H](NC(=O)O)C(=O)N1CCC(N(C)c2ccc(F)cn2)CC1. The number of likely N-dealkylation sites (tertiary alicyclic amines) is 1. The second-order valence-corrected chi connectivity index (χ2v) is 6.67. The molecule has 1 atom stereocenters. The van der Waals surface area contributed by atoms with Crippen molar-refractivity contribution in [2.75, 3.05) is 25.0 Å². The number of hydrogen-bond donors (Lipinski definition) is 2. The lowest BCUT2D eigenvalue weighted by atomic mass is 9.99. The molecular formula is C17H25FN4O3. The summed E-state index contributed by atoms with van der Waals surface area (Å²) < 4.78 is 13.0. The molecule has 138 valence electrons. The lowest BCUT2D eigenvalue weighted by molar-refractivity contribution is -0.135. The minimum absolute atomic E-state index is 0.118. The third-order valence-corrected chi connectivity index (χ3v) is 4.61. The fraction of sp³-hybridized carbons (Fsp3) is 0.588. The number of carbonyl (C=O) groups is 2. The summed E-state index contributed by atoms with van der Waals surface area (Å²) in [7, 11) is 1.91. The quantitative estimate of drug-likeness (QED) is 0.846. The third kappa shape index (κ3) is 4.80. The molecule has 2 heterocycles. The van der Waals surface area contributed by atoms with Crippen molar-refractivity contribution in [1.29, 1.82) is 0 Å². The van der Waals surface area contributed by atoms with Crippen molar-refractivity contribution in [2.45, 2.75) is 38.8 Å². The van der Waals surface area contributed by atoms with Crippen LogP contribution in [0.15, 0.2) is 18.3 Å². The number of piperidine rings is 1. The number of nitrogens with zero attached hydrogens (tertiary/aromatic N) is 3. The van der Waals surface area contributed by atoms with Crippen LogP contribution >= 0.6 is 0 Å². The maximum Gasteiger partial charge on any atom is 0.405 e. The molecule has 7 nitrogen and oxygen atoms in total. The van der Waals surface area contributed by atoms with Crippen LogP contribution in [0.1, 0.15) is 26.7 Å². The molecule has 2 rings (SSSR count). The molecule has 2 amide bonds. The van der Waals surface area contributed by atoms with Crippen molar-refractivity contribution in [3.63, 3.8) is 0 Å². The molecule has 1 fully saturated rings. The normalized spacial score (nSPS) is 16.6. The number of anilines is 1. The zero-order valence-electron chi connectivity index (χ0n) is 14.8. The molecule has 25 heavy (non-hydrogen) atoms. The van der Waals surface area contributed by atoms with Crippen LogP contribution in [0, 0.1) is 11.7 Å². The van der Waals surface area contributed by atoms with E-state index in [4.69, 9.17) is 5.11 Å². The van der Waals surface area contributed by atoms with Gasteiger partial charge in [0.2, 0.25) is 5.91 Å². The molecule has 1 aliphatic rings. The minimum atomic E-state index is -1.19. The van der Waals surface area contributed by atoms with E-state index in [2.05, 4.69) is 10.3 Å². The van der Waals surface area contributed by atoms with E-state index in [9.17, 15) is 14.0 Å². The summed E-state index contributed by atoms with van der Waals surface area (Å²) >= 11 is 0. The van der Waals surface area contributed by atoms with Gasteiger partial charge in [-0.2, -0.15) is 0 Å². The van der Waals surface area contributed by atoms with Crippen LogP contribution in [0.4, 0.5) is 15.0 Å². The van der Waals surface area contributed by atoms with Gasteiger partial charge in [-0.1, -0.05) is 13.8 Å². The number of pyridine rings is 1. The van der Waals surface area contributed by atoms with Crippen LogP contribution in [-0.2, 0) is 4.79 Å². The molecule has 1 aromatic heterocycles. The molecule has 1 aliphatic heterocycles. The molecular weight excluding hydrogens is 327 g/mol. The highest BCUT2D eigenvalue weighted by Gasteiger charge is 2.32. The predicted molar refractivity (Wildman–Crippen MR) is 92.0 cm³/mol. The first-order chi connectivity index (χ1) is 11.8. The Hall–Kier alpha value is -2.38. The van der Waals surface area contributed by atoms with Gasteiger partial charge in [0.05, 0.1) is 6.20 Å². The van der Waals surface area contributed by atoms with Crippen molar-refractivity contribution in [3.05, 3.63) is 24.1 Å². The van der Waals surface area contributed by atoms with Crippen LogP contribution in [0.3, 0.4) is 0 Å². The van der Waals surface area contributed by atoms with Gasteiger partial charge in [0, 0.05) is 26.2 Å². The Morgan fingerprint density at radius 3 is 2.48 bits per heavy atom. The highest BCUT2D eigenvalue weighted by Crippen LogP contribution is 2.21. The van der Waals surface area contributed by atoms with E-state index >= 15 is 0 Å². The summed E-state index contributed by atoms with van der Waals surface area (Å²) in [6.45, 7) is 4.75. The van der Waals surface area contributed by atoms with Gasteiger partial charge in [-0.25, -0.2) is 14.2 Å². The molecule has 0 bridgehead atoms. The van der Waals surface area contributed by atoms with Crippen LogP contribution < -0.4 is 10.2 Å². The van der Waals surface area contributed by atoms with Gasteiger partial charge in [-0.3, -0.25) is 4.79 Å². The first-order valence-electron chi connectivity index (χ1n) is 8.42. The highest BCUT2D eigenvalue weighted by molar-refractivity contribution is 5.85.